The molecule has 18 heavy (non-hydrogen) atoms. The molecular weight excluding hydrogens is 238 g/mol. The number of ether oxygens (including phenoxy) is 1. The van der Waals surface area contributed by atoms with E-state index in [0.29, 0.717) is 24.6 Å². The highest BCUT2D eigenvalue weighted by atomic mass is 16.5. The van der Waals surface area contributed by atoms with E-state index in [4.69, 9.17) is 4.74 Å². The number of carbonyl (C=O) groups is 1. The van der Waals surface area contributed by atoms with Gasteiger partial charge in [-0.25, -0.2) is 9.89 Å². The Hall–Kier alpha value is -2.38. The van der Waals surface area contributed by atoms with Gasteiger partial charge in [-0.05, 0) is 19.1 Å². The van der Waals surface area contributed by atoms with Crippen LogP contribution in [-0.4, -0.2) is 38.9 Å². The third-order valence-corrected chi connectivity index (χ3v) is 2.21. The van der Waals surface area contributed by atoms with Gasteiger partial charge in [-0.1, -0.05) is 0 Å². The van der Waals surface area contributed by atoms with Gasteiger partial charge in [-0.15, -0.1) is 5.10 Å². The van der Waals surface area contributed by atoms with E-state index in [1.54, 1.807) is 19.1 Å². The maximum absolute atomic E-state index is 11.3. The van der Waals surface area contributed by atoms with Gasteiger partial charge in [0.25, 0.3) is 0 Å². The first kappa shape index (κ1) is 12.1. The average Bonchev–Trinajstić information content (AvgIpc) is 2.71. The molecule has 8 nitrogen and oxygen atoms in total. The molecule has 2 heterocycles. The Bertz CT molecular complexity index is 603. The monoisotopic (exact) mass is 251 g/mol. The highest BCUT2D eigenvalue weighted by molar-refractivity contribution is 5.69. The molecule has 0 unspecified atom stereocenters. The van der Waals surface area contributed by atoms with Gasteiger partial charge in [0.15, 0.2) is 5.65 Å². The van der Waals surface area contributed by atoms with Gasteiger partial charge in [0.2, 0.25) is 0 Å². The Balaban J connectivity index is 1.97. The first-order chi connectivity index (χ1) is 8.70. The van der Waals surface area contributed by atoms with E-state index < -0.39 is 5.69 Å². The zero-order valence-electron chi connectivity index (χ0n) is 9.84. The van der Waals surface area contributed by atoms with E-state index in [1.807, 2.05) is 0 Å². The predicted molar refractivity (Wildman–Crippen MR) is 63.3 cm³/mol. The number of hydrogen-bond donors (Lipinski definition) is 2. The van der Waals surface area contributed by atoms with E-state index in [9.17, 15) is 9.59 Å². The second-order valence-corrected chi connectivity index (χ2v) is 3.50. The lowest BCUT2D eigenvalue weighted by Crippen LogP contribution is -2.16. The lowest BCUT2D eigenvalue weighted by molar-refractivity contribution is -0.142. The molecule has 0 aliphatic carbocycles. The number of aromatic nitrogens is 4. The topological polar surface area (TPSA) is 101 Å². The average molecular weight is 251 g/mol. The molecule has 0 radical (unpaired) electrons. The van der Waals surface area contributed by atoms with Crippen molar-refractivity contribution in [2.24, 2.45) is 0 Å². The summed E-state index contributed by atoms with van der Waals surface area (Å²) in [6, 6.07) is 3.33. The van der Waals surface area contributed by atoms with Crippen molar-refractivity contribution < 1.29 is 9.53 Å². The van der Waals surface area contributed by atoms with Gasteiger partial charge in [0.05, 0.1) is 13.0 Å². The van der Waals surface area contributed by atoms with Crippen molar-refractivity contribution in [2.45, 2.75) is 13.3 Å². The van der Waals surface area contributed by atoms with Crippen LogP contribution in [0.4, 0.5) is 5.82 Å². The van der Waals surface area contributed by atoms with Crippen molar-refractivity contribution in [1.29, 1.82) is 0 Å². The summed E-state index contributed by atoms with van der Waals surface area (Å²) in [5.41, 5.74) is 0.0370. The highest BCUT2D eigenvalue weighted by Gasteiger charge is 2.04. The van der Waals surface area contributed by atoms with Crippen LogP contribution in [0.25, 0.3) is 5.65 Å². The van der Waals surface area contributed by atoms with Crippen LogP contribution in [0.2, 0.25) is 0 Å². The Labute approximate surface area is 102 Å². The summed E-state index contributed by atoms with van der Waals surface area (Å²) in [6.07, 6.45) is 0.244. The molecule has 96 valence electrons. The zero-order chi connectivity index (χ0) is 13.0. The number of fused-ring (bicyclic) bond motifs is 1. The number of aromatic amines is 1. The molecule has 2 rings (SSSR count). The maximum Gasteiger partial charge on any atom is 0.364 e. The van der Waals surface area contributed by atoms with Crippen molar-refractivity contribution in [1.82, 2.24) is 19.8 Å². The Morgan fingerprint density at radius 1 is 1.56 bits per heavy atom. The van der Waals surface area contributed by atoms with Crippen LogP contribution in [-0.2, 0) is 9.53 Å². The SMILES string of the molecule is CCOC(=O)CCNc1ccc2n[nH]c(=O)n2n1. The maximum atomic E-state index is 11.3. The van der Waals surface area contributed by atoms with Crippen molar-refractivity contribution >= 4 is 17.4 Å². The normalized spacial score (nSPS) is 10.5. The predicted octanol–water partition coefficient (Wildman–Crippen LogP) is -0.217. The van der Waals surface area contributed by atoms with Crippen LogP contribution in [0.3, 0.4) is 0 Å². The van der Waals surface area contributed by atoms with Gasteiger partial charge < -0.3 is 10.1 Å². The summed E-state index contributed by atoms with van der Waals surface area (Å²) in [4.78, 5) is 22.4. The quantitative estimate of drug-likeness (QED) is 0.712. The number of nitrogens with zero attached hydrogens (tertiary/aromatic N) is 3. The second-order valence-electron chi connectivity index (χ2n) is 3.50. The first-order valence-corrected chi connectivity index (χ1v) is 5.54. The Morgan fingerprint density at radius 2 is 2.39 bits per heavy atom. The summed E-state index contributed by atoms with van der Waals surface area (Å²) < 4.78 is 5.93. The molecule has 0 aliphatic rings. The lowest BCUT2D eigenvalue weighted by atomic mass is 10.4. The summed E-state index contributed by atoms with van der Waals surface area (Å²) in [5, 5.41) is 13.0. The van der Waals surface area contributed by atoms with Crippen molar-refractivity contribution in [3.8, 4) is 0 Å². The van der Waals surface area contributed by atoms with Crippen molar-refractivity contribution in [3.05, 3.63) is 22.6 Å². The van der Waals surface area contributed by atoms with Crippen LogP contribution in [0.5, 0.6) is 0 Å². The smallest absolute Gasteiger partial charge is 0.364 e. The van der Waals surface area contributed by atoms with Crippen LogP contribution < -0.4 is 11.0 Å². The third-order valence-electron chi connectivity index (χ3n) is 2.21. The van der Waals surface area contributed by atoms with Crippen molar-refractivity contribution in [3.63, 3.8) is 0 Å². The fourth-order valence-corrected chi connectivity index (χ4v) is 1.42. The van der Waals surface area contributed by atoms with Gasteiger partial charge in [0, 0.05) is 6.54 Å². The first-order valence-electron chi connectivity index (χ1n) is 5.54. The lowest BCUT2D eigenvalue weighted by Gasteiger charge is -2.04. The van der Waals surface area contributed by atoms with E-state index in [-0.39, 0.29) is 12.4 Å². The van der Waals surface area contributed by atoms with Crippen molar-refractivity contribution in [2.75, 3.05) is 18.5 Å². The standard InChI is InChI=1S/C10H13N5O3/c1-2-18-9(16)5-6-11-7-3-4-8-12-13-10(17)15(8)14-7/h3-4H,2,5-6H2,1H3,(H,11,14)(H,13,17). The molecular formula is C10H13N5O3. The van der Waals surface area contributed by atoms with Crippen LogP contribution in [0.1, 0.15) is 13.3 Å². The number of anilines is 1. The molecule has 0 amide bonds. The van der Waals surface area contributed by atoms with Gasteiger partial charge in [0.1, 0.15) is 5.82 Å². The number of rotatable bonds is 5. The van der Waals surface area contributed by atoms with Crippen LogP contribution in [0.15, 0.2) is 16.9 Å². The molecule has 0 atom stereocenters. The number of esters is 1. The fourth-order valence-electron chi connectivity index (χ4n) is 1.42. The molecule has 0 saturated heterocycles. The highest BCUT2D eigenvalue weighted by Crippen LogP contribution is 2.02. The number of H-pyrrole nitrogens is 1. The molecule has 0 bridgehead atoms. The van der Waals surface area contributed by atoms with E-state index in [0.717, 1.165) is 4.52 Å². The van der Waals surface area contributed by atoms with Gasteiger partial charge in [-0.2, -0.15) is 9.61 Å². The Kier molecular flexibility index (Phi) is 3.56. The Morgan fingerprint density at radius 3 is 3.17 bits per heavy atom. The number of hydrogen-bond acceptors (Lipinski definition) is 6. The summed E-state index contributed by atoms with van der Waals surface area (Å²) in [6.45, 7) is 2.52. The molecule has 0 fully saturated rings. The van der Waals surface area contributed by atoms with E-state index in [1.165, 1.54) is 0 Å². The molecule has 0 aliphatic heterocycles. The molecule has 0 spiro atoms. The summed E-state index contributed by atoms with van der Waals surface area (Å²) in [5.74, 6) is 0.224. The van der Waals surface area contributed by atoms with Gasteiger partial charge in [-0.3, -0.25) is 4.79 Å². The molecule has 0 saturated carbocycles. The third kappa shape index (κ3) is 2.65. The number of carbonyl (C=O) groups excluding carboxylic acids is 1. The molecule has 2 N–H and O–H groups in total. The van der Waals surface area contributed by atoms with Crippen LogP contribution in [0, 0.1) is 0 Å². The van der Waals surface area contributed by atoms with E-state index in [2.05, 4.69) is 20.6 Å². The van der Waals surface area contributed by atoms with Gasteiger partial charge >= 0.3 is 11.7 Å². The minimum absolute atomic E-state index is 0.244. The van der Waals surface area contributed by atoms with E-state index >= 15 is 0 Å². The second kappa shape index (κ2) is 5.30. The largest absolute Gasteiger partial charge is 0.466 e. The number of nitrogens with one attached hydrogen (secondary N) is 2. The molecule has 2 aromatic rings. The zero-order valence-corrected chi connectivity index (χ0v) is 9.84. The van der Waals surface area contributed by atoms with Crippen LogP contribution >= 0.6 is 0 Å². The molecule has 0 aromatic carbocycles. The summed E-state index contributed by atoms with van der Waals surface area (Å²) in [7, 11) is 0. The minimum atomic E-state index is -0.404. The minimum Gasteiger partial charge on any atom is -0.466 e. The summed E-state index contributed by atoms with van der Waals surface area (Å²) >= 11 is 0. The fraction of sp³-hybridized carbons (Fsp3) is 0.400. The molecule has 8 heteroatoms. The molecule has 2 aromatic heterocycles.